The fraction of sp³-hybridized carbons (Fsp3) is 0.426. The Morgan fingerprint density at radius 2 is 1.74 bits per heavy atom. The lowest BCUT2D eigenvalue weighted by Gasteiger charge is -2.53. The maximum Gasteiger partial charge on any atom is 0.156 e. The first kappa shape index (κ1) is 38.5. The summed E-state index contributed by atoms with van der Waals surface area (Å²) < 4.78 is 6.06. The van der Waals surface area contributed by atoms with Gasteiger partial charge in [-0.15, -0.1) is 5.92 Å². The number of fused-ring (bicyclic) bond motifs is 6. The SMILES string of the molecule is CC#C[C@]1(O)CC[C@H]2[C@@H]3CCC4=CC(=O)CCC4=C3[C@@H](c3ccc(N(C)C)cc3)C[C@@]21C.CN(C)CCOC1=Cc2ccccc2Sc2ccc(Cl)cc21. The first-order valence-electron chi connectivity index (χ1n) is 19.4. The molecule has 2 saturated carbocycles. The monoisotopic (exact) mass is 760 g/mol. The van der Waals surface area contributed by atoms with Gasteiger partial charge in [0, 0.05) is 64.5 Å². The first-order chi connectivity index (χ1) is 25.9. The number of likely N-dealkylation sites (N-methyl/N-ethyl adjacent to an activating group) is 1. The lowest BCUT2D eigenvalue weighted by atomic mass is 9.51. The second kappa shape index (κ2) is 15.8. The van der Waals surface area contributed by atoms with Gasteiger partial charge in [0.2, 0.25) is 0 Å². The highest BCUT2D eigenvalue weighted by Gasteiger charge is 2.62. The molecule has 3 aromatic rings. The molecular weight excluding hydrogens is 708 g/mol. The second-order valence-electron chi connectivity index (χ2n) is 16.2. The fourth-order valence-electron chi connectivity index (χ4n) is 9.65. The van der Waals surface area contributed by atoms with Crippen molar-refractivity contribution in [2.75, 3.05) is 46.2 Å². The zero-order valence-electron chi connectivity index (χ0n) is 32.5. The standard InChI is InChI=1S/C29H35NO2.C18H18ClNOS/c1-5-15-29(32)16-14-26-24-12-8-20-17-22(31)11-13-23(20)27(24)25(18-28(26,29)2)19-6-9-21(10-7-19)30(3)4;1-20(2)9-10-21-16-11-13-5-3-4-6-17(13)22-18-8-7-14(19)12-15(16)18/h6-7,9-10,17,24-26,32H,8,11-14,16,18H2,1-4H3;3-8,11-12H,9-10H2,1-2H3/t24-,25+,26-,28-,29-;/m0./s1. The van der Waals surface area contributed by atoms with Gasteiger partial charge in [-0.1, -0.05) is 72.1 Å². The number of carbonyl (C=O) groups excluding carboxylic acids is 1. The van der Waals surface area contributed by atoms with Crippen molar-refractivity contribution < 1.29 is 14.6 Å². The quantitative estimate of drug-likeness (QED) is 0.253. The molecule has 7 heteroatoms. The first-order valence-corrected chi connectivity index (χ1v) is 20.6. The lowest BCUT2D eigenvalue weighted by Crippen LogP contribution is -2.51. The molecule has 0 unspecified atom stereocenters. The Hall–Kier alpha value is -3.73. The summed E-state index contributed by atoms with van der Waals surface area (Å²) in [4.78, 5) is 18.8. The zero-order valence-corrected chi connectivity index (χ0v) is 34.1. The van der Waals surface area contributed by atoms with Crippen molar-refractivity contribution in [2.45, 2.75) is 80.1 Å². The normalized spacial score (nSPS) is 26.6. The van der Waals surface area contributed by atoms with E-state index in [-0.39, 0.29) is 17.1 Å². The number of nitrogens with zero attached hydrogens (tertiary/aromatic N) is 2. The van der Waals surface area contributed by atoms with E-state index in [9.17, 15) is 9.90 Å². The number of allylic oxidation sites excluding steroid dienone is 4. The molecule has 5 nitrogen and oxygen atoms in total. The summed E-state index contributed by atoms with van der Waals surface area (Å²) in [7, 11) is 8.23. The number of hydrogen-bond donors (Lipinski definition) is 1. The molecule has 5 atom stereocenters. The van der Waals surface area contributed by atoms with Gasteiger partial charge in [-0.3, -0.25) is 4.79 Å². The topological polar surface area (TPSA) is 53.0 Å². The number of ketones is 1. The van der Waals surface area contributed by atoms with E-state index in [2.05, 4.69) is 103 Å². The Balaban J connectivity index is 0.000000179. The van der Waals surface area contributed by atoms with Crippen LogP contribution in [0, 0.1) is 29.1 Å². The molecule has 0 aromatic heterocycles. The van der Waals surface area contributed by atoms with Crippen molar-refractivity contribution in [1.82, 2.24) is 4.90 Å². The minimum atomic E-state index is -0.914. The average Bonchev–Trinajstić information content (AvgIpc) is 3.30. The summed E-state index contributed by atoms with van der Waals surface area (Å²) in [5.74, 6) is 8.64. The summed E-state index contributed by atoms with van der Waals surface area (Å²) in [6, 6.07) is 23.3. The van der Waals surface area contributed by atoms with Crippen LogP contribution in [0.2, 0.25) is 5.02 Å². The van der Waals surface area contributed by atoms with E-state index in [0.29, 0.717) is 24.9 Å². The predicted molar refractivity (Wildman–Crippen MR) is 224 cm³/mol. The van der Waals surface area contributed by atoms with Crippen molar-refractivity contribution in [1.29, 1.82) is 0 Å². The van der Waals surface area contributed by atoms with E-state index < -0.39 is 5.60 Å². The van der Waals surface area contributed by atoms with Gasteiger partial charge in [0.1, 0.15) is 18.0 Å². The third-order valence-electron chi connectivity index (χ3n) is 12.5. The lowest BCUT2D eigenvalue weighted by molar-refractivity contribution is -0.114. The molecule has 8 rings (SSSR count). The molecule has 1 aliphatic heterocycles. The smallest absolute Gasteiger partial charge is 0.156 e. The summed E-state index contributed by atoms with van der Waals surface area (Å²) in [6.45, 7) is 5.67. The number of halogens is 1. The van der Waals surface area contributed by atoms with E-state index in [0.717, 1.165) is 61.4 Å². The number of rotatable bonds is 6. The molecule has 0 saturated heterocycles. The number of aliphatic hydroxyl groups is 1. The van der Waals surface area contributed by atoms with Crippen LogP contribution in [-0.2, 0) is 9.53 Å². The van der Waals surface area contributed by atoms with Crippen molar-refractivity contribution in [3.05, 3.63) is 111 Å². The highest BCUT2D eigenvalue weighted by molar-refractivity contribution is 7.99. The molecule has 54 heavy (non-hydrogen) atoms. The van der Waals surface area contributed by atoms with E-state index in [1.807, 2.05) is 39.2 Å². The van der Waals surface area contributed by atoms with Crippen LogP contribution in [0.15, 0.2) is 99.3 Å². The van der Waals surface area contributed by atoms with Crippen molar-refractivity contribution in [3.8, 4) is 11.8 Å². The minimum Gasteiger partial charge on any atom is -0.492 e. The van der Waals surface area contributed by atoms with Gasteiger partial charge in [0.25, 0.3) is 0 Å². The number of carbonyl (C=O) groups is 1. The molecular formula is C47H53ClN2O3S. The van der Waals surface area contributed by atoms with Crippen molar-refractivity contribution in [3.63, 3.8) is 0 Å². The third kappa shape index (κ3) is 7.46. The Bertz CT molecular complexity index is 2070. The van der Waals surface area contributed by atoms with E-state index in [4.69, 9.17) is 16.3 Å². The third-order valence-corrected chi connectivity index (χ3v) is 13.9. The Morgan fingerprint density at radius 1 is 0.963 bits per heavy atom. The zero-order chi connectivity index (χ0) is 38.2. The van der Waals surface area contributed by atoms with Crippen molar-refractivity contribution in [2.24, 2.45) is 17.3 Å². The Kier molecular flexibility index (Phi) is 11.3. The Labute approximate surface area is 331 Å². The summed E-state index contributed by atoms with van der Waals surface area (Å²) in [5, 5.41) is 12.5. The van der Waals surface area contributed by atoms with E-state index in [1.54, 1.807) is 17.3 Å². The number of benzene rings is 3. The van der Waals surface area contributed by atoms with Crippen LogP contribution in [0.4, 0.5) is 5.69 Å². The van der Waals surface area contributed by atoms with Gasteiger partial charge in [-0.05, 0) is 142 Å². The molecule has 4 aliphatic carbocycles. The molecule has 5 aliphatic rings. The highest BCUT2D eigenvalue weighted by atomic mass is 35.5. The molecule has 3 aromatic carbocycles. The number of anilines is 1. The average molecular weight is 761 g/mol. The van der Waals surface area contributed by atoms with Crippen LogP contribution in [-0.4, -0.2) is 62.7 Å². The minimum absolute atomic E-state index is 0.221. The molecule has 1 heterocycles. The second-order valence-corrected chi connectivity index (χ2v) is 17.7. The summed E-state index contributed by atoms with van der Waals surface area (Å²) in [5.41, 5.74) is 7.96. The predicted octanol–water partition coefficient (Wildman–Crippen LogP) is 10.3. The molecule has 0 bridgehead atoms. The van der Waals surface area contributed by atoms with Crippen LogP contribution in [0.3, 0.4) is 0 Å². The highest BCUT2D eigenvalue weighted by Crippen LogP contribution is 2.66. The molecule has 0 radical (unpaired) electrons. The molecule has 2 fully saturated rings. The van der Waals surface area contributed by atoms with Gasteiger partial charge in [-0.25, -0.2) is 0 Å². The molecule has 0 amide bonds. The number of ether oxygens (including phenoxy) is 1. The Morgan fingerprint density at radius 3 is 2.48 bits per heavy atom. The maximum absolute atomic E-state index is 12.2. The largest absolute Gasteiger partial charge is 0.492 e. The van der Waals surface area contributed by atoms with E-state index >= 15 is 0 Å². The van der Waals surface area contributed by atoms with E-state index in [1.165, 1.54) is 37.8 Å². The summed E-state index contributed by atoms with van der Waals surface area (Å²) in [6.07, 6.45) is 10.3. The van der Waals surface area contributed by atoms with Crippen LogP contribution < -0.4 is 4.90 Å². The van der Waals surface area contributed by atoms with Crippen molar-refractivity contribution >= 4 is 46.7 Å². The maximum atomic E-state index is 12.2. The fourth-order valence-corrected chi connectivity index (χ4v) is 10.9. The molecule has 1 N–H and O–H groups in total. The molecule has 282 valence electrons. The van der Waals surface area contributed by atoms with Gasteiger partial charge in [0.15, 0.2) is 5.78 Å². The van der Waals surface area contributed by atoms with Gasteiger partial charge in [0.05, 0.1) is 0 Å². The van der Waals surface area contributed by atoms with Gasteiger partial charge >= 0.3 is 0 Å². The van der Waals surface area contributed by atoms with Crippen LogP contribution in [0.5, 0.6) is 0 Å². The van der Waals surface area contributed by atoms with Crippen LogP contribution in [0.1, 0.15) is 81.4 Å². The van der Waals surface area contributed by atoms with Crippen LogP contribution in [0.25, 0.3) is 11.8 Å². The number of hydrogen-bond acceptors (Lipinski definition) is 6. The van der Waals surface area contributed by atoms with Crippen LogP contribution >= 0.6 is 23.4 Å². The summed E-state index contributed by atoms with van der Waals surface area (Å²) >= 11 is 7.95. The van der Waals surface area contributed by atoms with Gasteiger partial charge in [-0.2, -0.15) is 0 Å². The van der Waals surface area contributed by atoms with Gasteiger partial charge < -0.3 is 19.6 Å². The molecule has 0 spiro atoms.